The Kier molecular flexibility index (Phi) is 9.33. The van der Waals surface area contributed by atoms with Crippen LogP contribution in [0.15, 0.2) is 0 Å². The van der Waals surface area contributed by atoms with Gasteiger partial charge in [-0.25, -0.2) is 0 Å². The predicted molar refractivity (Wildman–Crippen MR) is 62.0 cm³/mol. The van der Waals surface area contributed by atoms with Crippen molar-refractivity contribution in [3.8, 4) is 0 Å². The van der Waals surface area contributed by atoms with Crippen molar-refractivity contribution < 1.29 is 18.3 Å². The van der Waals surface area contributed by atoms with Gasteiger partial charge in [0.1, 0.15) is 0 Å². The Morgan fingerprint density at radius 2 is 1.07 bits per heavy atom. The van der Waals surface area contributed by atoms with Crippen LogP contribution in [-0.2, 0) is 18.3 Å². The molecule has 92 valence electrons. The van der Waals surface area contributed by atoms with Crippen LogP contribution in [0.5, 0.6) is 0 Å². The Hall–Kier alpha value is 0.0569. The van der Waals surface area contributed by atoms with Crippen LogP contribution in [0, 0.1) is 0 Å². The molecule has 0 aliphatic heterocycles. The third-order valence-corrected chi connectivity index (χ3v) is 4.78. The third kappa shape index (κ3) is 6.27. The van der Waals surface area contributed by atoms with Crippen LogP contribution in [-0.4, -0.2) is 47.4 Å². The lowest BCUT2D eigenvalue weighted by molar-refractivity contribution is 0.0751. The molecular formula is C10H24O4Si. The maximum Gasteiger partial charge on any atom is 0.391 e. The SMILES string of the molecule is CCOC[Si](COCC)(OCC)OCC. The Balaban J connectivity index is 4.26. The zero-order valence-corrected chi connectivity index (χ0v) is 11.4. The van der Waals surface area contributed by atoms with Gasteiger partial charge in [0.2, 0.25) is 0 Å². The summed E-state index contributed by atoms with van der Waals surface area (Å²) in [5.41, 5.74) is 0. The van der Waals surface area contributed by atoms with Gasteiger partial charge in [0.05, 0.1) is 12.5 Å². The van der Waals surface area contributed by atoms with Crippen LogP contribution in [0.4, 0.5) is 0 Å². The maximum absolute atomic E-state index is 5.74. The van der Waals surface area contributed by atoms with E-state index in [9.17, 15) is 0 Å². The molecule has 4 nitrogen and oxygen atoms in total. The zero-order valence-electron chi connectivity index (χ0n) is 10.4. The summed E-state index contributed by atoms with van der Waals surface area (Å²) < 4.78 is 22.3. The second-order valence-corrected chi connectivity index (χ2v) is 6.03. The summed E-state index contributed by atoms with van der Waals surface area (Å²) >= 11 is 0. The fourth-order valence-electron chi connectivity index (χ4n) is 1.29. The molecule has 0 saturated carbocycles. The minimum Gasteiger partial charge on any atom is -0.392 e. The summed E-state index contributed by atoms with van der Waals surface area (Å²) in [6.45, 7) is 10.5. The summed E-state index contributed by atoms with van der Waals surface area (Å²) in [6.07, 6.45) is 1.09. The average Bonchev–Trinajstić information content (AvgIpc) is 2.24. The molecule has 0 radical (unpaired) electrons. The Bertz CT molecular complexity index is 127. The highest BCUT2D eigenvalue weighted by Crippen LogP contribution is 2.09. The van der Waals surface area contributed by atoms with Crippen molar-refractivity contribution in [3.63, 3.8) is 0 Å². The second-order valence-electron chi connectivity index (χ2n) is 3.05. The summed E-state index contributed by atoms with van der Waals surface area (Å²) in [5, 5.41) is 0. The molecule has 0 aromatic heterocycles. The van der Waals surface area contributed by atoms with Gasteiger partial charge in [-0.05, 0) is 27.7 Å². The third-order valence-electron chi connectivity index (χ3n) is 1.87. The van der Waals surface area contributed by atoms with Gasteiger partial charge in [0, 0.05) is 26.4 Å². The van der Waals surface area contributed by atoms with E-state index in [0.29, 0.717) is 38.9 Å². The van der Waals surface area contributed by atoms with Crippen LogP contribution in [0.2, 0.25) is 0 Å². The Morgan fingerprint density at radius 3 is 1.33 bits per heavy atom. The highest BCUT2D eigenvalue weighted by Gasteiger charge is 2.38. The normalized spacial score (nSPS) is 12.0. The standard InChI is InChI=1S/C10H24O4Si/c1-5-11-9-15(13-7-3,14-8-4)10-12-6-2/h5-10H2,1-4H3. The molecule has 0 bridgehead atoms. The van der Waals surface area contributed by atoms with Gasteiger partial charge in [-0.2, -0.15) is 0 Å². The molecule has 5 heteroatoms. The van der Waals surface area contributed by atoms with E-state index in [0.717, 1.165) is 0 Å². The molecule has 0 saturated heterocycles. The number of ether oxygens (including phenoxy) is 2. The van der Waals surface area contributed by atoms with Crippen LogP contribution >= 0.6 is 0 Å². The van der Waals surface area contributed by atoms with Crippen LogP contribution < -0.4 is 0 Å². The molecule has 0 unspecified atom stereocenters. The van der Waals surface area contributed by atoms with E-state index in [-0.39, 0.29) is 0 Å². The van der Waals surface area contributed by atoms with Gasteiger partial charge in [0.15, 0.2) is 0 Å². The summed E-state index contributed by atoms with van der Waals surface area (Å²) in [4.78, 5) is 0. The first-order valence-electron chi connectivity index (χ1n) is 5.68. The first-order valence-corrected chi connectivity index (χ1v) is 7.91. The van der Waals surface area contributed by atoms with E-state index >= 15 is 0 Å². The molecule has 0 amide bonds. The number of rotatable bonds is 10. The lowest BCUT2D eigenvalue weighted by atomic mass is 10.9. The molecule has 15 heavy (non-hydrogen) atoms. The van der Waals surface area contributed by atoms with Crippen LogP contribution in [0.25, 0.3) is 0 Å². The number of hydrogen-bond donors (Lipinski definition) is 0. The number of hydrogen-bond acceptors (Lipinski definition) is 4. The lowest BCUT2D eigenvalue weighted by Gasteiger charge is -2.29. The van der Waals surface area contributed by atoms with E-state index in [1.165, 1.54) is 0 Å². The van der Waals surface area contributed by atoms with Crippen molar-refractivity contribution in [3.05, 3.63) is 0 Å². The molecule has 0 N–H and O–H groups in total. The summed E-state index contributed by atoms with van der Waals surface area (Å²) in [5.74, 6) is 0. The molecule has 0 aromatic rings. The minimum absolute atomic E-state index is 0.547. The first kappa shape index (κ1) is 15.1. The molecule has 0 aliphatic rings. The van der Waals surface area contributed by atoms with Crippen molar-refractivity contribution in [2.24, 2.45) is 0 Å². The zero-order chi connectivity index (χ0) is 11.6. The molecule has 0 rings (SSSR count). The lowest BCUT2D eigenvalue weighted by Crippen LogP contribution is -2.52. The smallest absolute Gasteiger partial charge is 0.391 e. The van der Waals surface area contributed by atoms with Gasteiger partial charge in [-0.1, -0.05) is 0 Å². The van der Waals surface area contributed by atoms with E-state index in [4.69, 9.17) is 18.3 Å². The second kappa shape index (κ2) is 9.29. The molecule has 0 fully saturated rings. The van der Waals surface area contributed by atoms with Gasteiger partial charge in [-0.3, -0.25) is 0 Å². The van der Waals surface area contributed by atoms with Crippen LogP contribution in [0.3, 0.4) is 0 Å². The first-order chi connectivity index (χ1) is 7.24. The summed E-state index contributed by atoms with van der Waals surface area (Å²) in [6, 6.07) is 0. The highest BCUT2D eigenvalue weighted by atomic mass is 28.4. The fourth-order valence-corrected chi connectivity index (χ4v) is 3.87. The van der Waals surface area contributed by atoms with Crippen molar-refractivity contribution in [1.82, 2.24) is 0 Å². The average molecular weight is 236 g/mol. The molecule has 0 aliphatic carbocycles. The topological polar surface area (TPSA) is 36.9 Å². The van der Waals surface area contributed by atoms with Crippen molar-refractivity contribution in [2.45, 2.75) is 27.7 Å². The molecule has 0 heterocycles. The van der Waals surface area contributed by atoms with E-state index in [2.05, 4.69) is 0 Å². The minimum atomic E-state index is -2.28. The van der Waals surface area contributed by atoms with Gasteiger partial charge < -0.3 is 18.3 Å². The van der Waals surface area contributed by atoms with Crippen molar-refractivity contribution in [1.29, 1.82) is 0 Å². The molecule has 0 atom stereocenters. The van der Waals surface area contributed by atoms with Crippen molar-refractivity contribution in [2.75, 3.05) is 38.9 Å². The summed E-state index contributed by atoms with van der Waals surface area (Å²) in [7, 11) is -2.28. The van der Waals surface area contributed by atoms with E-state index in [1.54, 1.807) is 0 Å². The van der Waals surface area contributed by atoms with Crippen molar-refractivity contribution >= 4 is 8.56 Å². The maximum atomic E-state index is 5.74. The predicted octanol–water partition coefficient (Wildman–Crippen LogP) is 1.65. The largest absolute Gasteiger partial charge is 0.392 e. The molecule has 0 spiro atoms. The highest BCUT2D eigenvalue weighted by molar-refractivity contribution is 6.67. The Morgan fingerprint density at radius 1 is 0.667 bits per heavy atom. The quantitative estimate of drug-likeness (QED) is 0.541. The monoisotopic (exact) mass is 236 g/mol. The van der Waals surface area contributed by atoms with Gasteiger partial charge >= 0.3 is 8.56 Å². The van der Waals surface area contributed by atoms with E-state index in [1.807, 2.05) is 27.7 Å². The van der Waals surface area contributed by atoms with Gasteiger partial charge in [0.25, 0.3) is 0 Å². The molecule has 0 aromatic carbocycles. The van der Waals surface area contributed by atoms with E-state index < -0.39 is 8.56 Å². The van der Waals surface area contributed by atoms with Crippen LogP contribution in [0.1, 0.15) is 27.7 Å². The molecular weight excluding hydrogens is 212 g/mol. The Labute approximate surface area is 94.1 Å². The fraction of sp³-hybridized carbons (Fsp3) is 1.00. The van der Waals surface area contributed by atoms with Gasteiger partial charge in [-0.15, -0.1) is 0 Å².